The lowest BCUT2D eigenvalue weighted by molar-refractivity contribution is -0.109. The average Bonchev–Trinajstić information content (AvgIpc) is 2.67. The number of carbonyl (C=O) groups excluding carboxylic acids is 1. The van der Waals surface area contributed by atoms with Crippen LogP contribution in [0.1, 0.15) is 17.9 Å². The van der Waals surface area contributed by atoms with Crippen molar-refractivity contribution in [1.82, 2.24) is 5.32 Å². The van der Waals surface area contributed by atoms with Crippen molar-refractivity contribution in [2.45, 2.75) is 18.4 Å². The van der Waals surface area contributed by atoms with Crippen LogP contribution in [0, 0.1) is 0 Å². The molecule has 1 aromatic carbocycles. The normalized spacial score (nSPS) is 27.4. The maximum absolute atomic E-state index is 10.7. The molecule has 0 amide bonds. The van der Waals surface area contributed by atoms with Crippen LogP contribution in [0.25, 0.3) is 0 Å². The number of carbonyl (C=O) groups is 1. The number of benzene rings is 1. The molecule has 1 aliphatic heterocycles. The van der Waals surface area contributed by atoms with Crippen molar-refractivity contribution in [3.8, 4) is 0 Å². The molecule has 2 rings (SSSR count). The summed E-state index contributed by atoms with van der Waals surface area (Å²) < 4.78 is 0. The predicted octanol–water partition coefficient (Wildman–Crippen LogP) is 1.33. The fourth-order valence-corrected chi connectivity index (χ4v) is 1.94. The lowest BCUT2D eigenvalue weighted by atomic mass is 9.93. The lowest BCUT2D eigenvalue weighted by Gasteiger charge is -2.13. The predicted molar refractivity (Wildman–Crippen MR) is 51.7 cm³/mol. The zero-order valence-electron chi connectivity index (χ0n) is 7.44. The van der Waals surface area contributed by atoms with Gasteiger partial charge in [0.25, 0.3) is 0 Å². The first-order chi connectivity index (χ1) is 6.42. The Hall–Kier alpha value is -1.15. The van der Waals surface area contributed by atoms with Crippen molar-refractivity contribution >= 4 is 6.29 Å². The second-order valence-corrected chi connectivity index (χ2v) is 3.42. The van der Waals surface area contributed by atoms with E-state index in [-0.39, 0.29) is 6.04 Å². The second kappa shape index (κ2) is 3.71. The van der Waals surface area contributed by atoms with E-state index >= 15 is 0 Å². The highest BCUT2D eigenvalue weighted by Gasteiger charge is 2.27. The monoisotopic (exact) mass is 175 g/mol. The van der Waals surface area contributed by atoms with Crippen molar-refractivity contribution in [2.75, 3.05) is 6.54 Å². The Kier molecular flexibility index (Phi) is 2.41. The van der Waals surface area contributed by atoms with E-state index in [0.29, 0.717) is 5.92 Å². The summed E-state index contributed by atoms with van der Waals surface area (Å²) in [5.74, 6) is 0.374. The van der Waals surface area contributed by atoms with E-state index in [2.05, 4.69) is 17.4 Å². The van der Waals surface area contributed by atoms with Crippen LogP contribution in [0.3, 0.4) is 0 Å². The van der Waals surface area contributed by atoms with E-state index in [1.807, 2.05) is 18.2 Å². The Morgan fingerprint density at radius 2 is 2.08 bits per heavy atom. The van der Waals surface area contributed by atoms with Crippen LogP contribution >= 0.6 is 0 Å². The summed E-state index contributed by atoms with van der Waals surface area (Å²) in [6.07, 6.45) is 2.08. The Bertz CT molecular complexity index is 283. The maximum Gasteiger partial charge on any atom is 0.137 e. The molecule has 0 spiro atoms. The number of hydrogen-bond acceptors (Lipinski definition) is 2. The van der Waals surface area contributed by atoms with Gasteiger partial charge in [-0.05, 0) is 18.5 Å². The zero-order valence-corrected chi connectivity index (χ0v) is 7.44. The van der Waals surface area contributed by atoms with Crippen LogP contribution in [0.2, 0.25) is 0 Å². The summed E-state index contributed by atoms with van der Waals surface area (Å²) in [4.78, 5) is 10.7. The number of hydrogen-bond donors (Lipinski definition) is 1. The molecule has 0 saturated carbocycles. The van der Waals surface area contributed by atoms with Crippen LogP contribution in [-0.2, 0) is 4.79 Å². The molecule has 2 atom stereocenters. The highest BCUT2D eigenvalue weighted by atomic mass is 16.1. The van der Waals surface area contributed by atoms with E-state index in [1.54, 1.807) is 0 Å². The number of aldehydes is 1. The topological polar surface area (TPSA) is 29.1 Å². The zero-order chi connectivity index (χ0) is 9.10. The van der Waals surface area contributed by atoms with Crippen LogP contribution in [0.4, 0.5) is 0 Å². The summed E-state index contributed by atoms with van der Waals surface area (Å²) in [6, 6.07) is 10.2. The Morgan fingerprint density at radius 1 is 1.31 bits per heavy atom. The maximum atomic E-state index is 10.7. The van der Waals surface area contributed by atoms with Gasteiger partial charge in [-0.3, -0.25) is 0 Å². The highest BCUT2D eigenvalue weighted by Crippen LogP contribution is 2.26. The van der Waals surface area contributed by atoms with E-state index < -0.39 is 0 Å². The molecule has 0 aromatic heterocycles. The molecule has 13 heavy (non-hydrogen) atoms. The molecule has 1 unspecified atom stereocenters. The third-order valence-corrected chi connectivity index (χ3v) is 2.64. The third kappa shape index (κ3) is 1.63. The van der Waals surface area contributed by atoms with Gasteiger partial charge in [0.05, 0.1) is 6.04 Å². The first-order valence-corrected chi connectivity index (χ1v) is 4.65. The first kappa shape index (κ1) is 8.45. The van der Waals surface area contributed by atoms with Gasteiger partial charge in [-0.25, -0.2) is 0 Å². The highest BCUT2D eigenvalue weighted by molar-refractivity contribution is 5.61. The van der Waals surface area contributed by atoms with Gasteiger partial charge < -0.3 is 10.1 Å². The Morgan fingerprint density at radius 3 is 2.77 bits per heavy atom. The lowest BCUT2D eigenvalue weighted by Crippen LogP contribution is -2.27. The SMILES string of the molecule is O=C[C@H]1NCCC1c1ccccc1. The molecule has 2 heteroatoms. The molecule has 0 aliphatic carbocycles. The van der Waals surface area contributed by atoms with Crippen molar-refractivity contribution in [3.05, 3.63) is 35.9 Å². The molecule has 1 N–H and O–H groups in total. The van der Waals surface area contributed by atoms with E-state index in [9.17, 15) is 4.79 Å². The van der Waals surface area contributed by atoms with E-state index in [0.717, 1.165) is 19.3 Å². The number of rotatable bonds is 2. The minimum atomic E-state index is 0.0161. The van der Waals surface area contributed by atoms with Gasteiger partial charge in [0.2, 0.25) is 0 Å². The van der Waals surface area contributed by atoms with Gasteiger partial charge in [-0.15, -0.1) is 0 Å². The molecule has 1 heterocycles. The quantitative estimate of drug-likeness (QED) is 0.687. The molecule has 0 bridgehead atoms. The molecule has 0 radical (unpaired) electrons. The van der Waals surface area contributed by atoms with Gasteiger partial charge in [0.15, 0.2) is 0 Å². The van der Waals surface area contributed by atoms with E-state index in [1.165, 1.54) is 5.56 Å². The molecule has 2 nitrogen and oxygen atoms in total. The van der Waals surface area contributed by atoms with Gasteiger partial charge in [-0.1, -0.05) is 30.3 Å². The third-order valence-electron chi connectivity index (χ3n) is 2.64. The van der Waals surface area contributed by atoms with Gasteiger partial charge in [-0.2, -0.15) is 0 Å². The Labute approximate surface area is 78.0 Å². The Balaban J connectivity index is 2.21. The van der Waals surface area contributed by atoms with Crippen molar-refractivity contribution in [1.29, 1.82) is 0 Å². The van der Waals surface area contributed by atoms with Gasteiger partial charge in [0, 0.05) is 5.92 Å². The van der Waals surface area contributed by atoms with Crippen molar-refractivity contribution in [2.24, 2.45) is 0 Å². The molecule has 1 fully saturated rings. The van der Waals surface area contributed by atoms with Crippen LogP contribution < -0.4 is 5.32 Å². The minimum absolute atomic E-state index is 0.0161. The summed E-state index contributed by atoms with van der Waals surface area (Å²) >= 11 is 0. The largest absolute Gasteiger partial charge is 0.307 e. The van der Waals surface area contributed by atoms with Gasteiger partial charge >= 0.3 is 0 Å². The second-order valence-electron chi connectivity index (χ2n) is 3.42. The smallest absolute Gasteiger partial charge is 0.137 e. The molecule has 1 aromatic rings. The molecular weight excluding hydrogens is 162 g/mol. The fraction of sp³-hybridized carbons (Fsp3) is 0.364. The van der Waals surface area contributed by atoms with Crippen molar-refractivity contribution < 1.29 is 4.79 Å². The van der Waals surface area contributed by atoms with E-state index in [4.69, 9.17) is 0 Å². The van der Waals surface area contributed by atoms with Crippen LogP contribution in [-0.4, -0.2) is 18.9 Å². The molecule has 1 saturated heterocycles. The first-order valence-electron chi connectivity index (χ1n) is 4.65. The minimum Gasteiger partial charge on any atom is -0.307 e. The summed E-state index contributed by atoms with van der Waals surface area (Å²) in [5.41, 5.74) is 1.27. The fourth-order valence-electron chi connectivity index (χ4n) is 1.94. The summed E-state index contributed by atoms with van der Waals surface area (Å²) in [6.45, 7) is 0.947. The standard InChI is InChI=1S/C11H13NO/c13-8-11-10(6-7-12-11)9-4-2-1-3-5-9/h1-5,8,10-12H,6-7H2/t10?,11-/m1/s1. The van der Waals surface area contributed by atoms with Crippen LogP contribution in [0.15, 0.2) is 30.3 Å². The average molecular weight is 175 g/mol. The van der Waals surface area contributed by atoms with Gasteiger partial charge in [0.1, 0.15) is 6.29 Å². The van der Waals surface area contributed by atoms with Crippen LogP contribution in [0.5, 0.6) is 0 Å². The van der Waals surface area contributed by atoms with Crippen molar-refractivity contribution in [3.63, 3.8) is 0 Å². The molecule has 1 aliphatic rings. The molecular formula is C11H13NO. The summed E-state index contributed by atoms with van der Waals surface area (Å²) in [7, 11) is 0. The molecule has 68 valence electrons. The number of nitrogens with one attached hydrogen (secondary N) is 1. The summed E-state index contributed by atoms with van der Waals surface area (Å²) in [5, 5.41) is 3.19.